The normalized spacial score (nSPS) is 16.3. The lowest BCUT2D eigenvalue weighted by Crippen LogP contribution is -2.24. The Balaban J connectivity index is 2.09. The van der Waals surface area contributed by atoms with Crippen LogP contribution in [0.15, 0.2) is 12.1 Å². The van der Waals surface area contributed by atoms with Crippen molar-refractivity contribution < 1.29 is 4.74 Å². The van der Waals surface area contributed by atoms with Gasteiger partial charge in [0.25, 0.3) is 0 Å². The Hall–Kier alpha value is -1.35. The van der Waals surface area contributed by atoms with Crippen molar-refractivity contribution in [2.24, 2.45) is 0 Å². The van der Waals surface area contributed by atoms with Gasteiger partial charge in [-0.15, -0.1) is 11.3 Å². The standard InChI is InChI=1S/C16H19NOS/c1-9-6-12(15-17-10(2)11(3)19-15)7-13-8-16(4,5)18-14(9)13/h6-7H,8H2,1-5H3. The molecule has 0 saturated carbocycles. The molecule has 2 nitrogen and oxygen atoms in total. The highest BCUT2D eigenvalue weighted by molar-refractivity contribution is 7.15. The molecule has 1 aromatic carbocycles. The molecule has 0 aliphatic carbocycles. The smallest absolute Gasteiger partial charge is 0.126 e. The van der Waals surface area contributed by atoms with Crippen LogP contribution < -0.4 is 4.74 Å². The molecule has 0 spiro atoms. The minimum Gasteiger partial charge on any atom is -0.487 e. The van der Waals surface area contributed by atoms with Crippen LogP contribution in [0.2, 0.25) is 0 Å². The van der Waals surface area contributed by atoms with E-state index >= 15 is 0 Å². The molecule has 0 N–H and O–H groups in total. The van der Waals surface area contributed by atoms with Gasteiger partial charge in [-0.2, -0.15) is 0 Å². The van der Waals surface area contributed by atoms with Gasteiger partial charge in [0.2, 0.25) is 0 Å². The highest BCUT2D eigenvalue weighted by Crippen LogP contribution is 2.40. The number of benzene rings is 1. The summed E-state index contributed by atoms with van der Waals surface area (Å²) >= 11 is 1.77. The van der Waals surface area contributed by atoms with Crippen LogP contribution >= 0.6 is 11.3 Å². The highest BCUT2D eigenvalue weighted by Gasteiger charge is 2.31. The zero-order chi connectivity index (χ0) is 13.8. The number of hydrogen-bond acceptors (Lipinski definition) is 3. The first-order chi connectivity index (χ1) is 8.85. The van der Waals surface area contributed by atoms with Gasteiger partial charge in [0.1, 0.15) is 16.4 Å². The SMILES string of the molecule is Cc1cc(-c2nc(C)c(C)s2)cc2c1OC(C)(C)C2. The maximum Gasteiger partial charge on any atom is 0.126 e. The Kier molecular flexibility index (Phi) is 2.72. The molecule has 19 heavy (non-hydrogen) atoms. The molecule has 0 bridgehead atoms. The largest absolute Gasteiger partial charge is 0.487 e. The number of nitrogens with zero attached hydrogens (tertiary/aromatic N) is 1. The second kappa shape index (κ2) is 4.07. The average Bonchev–Trinajstić information content (AvgIpc) is 2.79. The number of fused-ring (bicyclic) bond motifs is 1. The van der Waals surface area contributed by atoms with Crippen molar-refractivity contribution in [1.29, 1.82) is 0 Å². The summed E-state index contributed by atoms with van der Waals surface area (Å²) in [5, 5.41) is 1.12. The summed E-state index contributed by atoms with van der Waals surface area (Å²) in [7, 11) is 0. The second-order valence-corrected chi connectivity index (χ2v) is 7.18. The first-order valence-electron chi connectivity index (χ1n) is 6.63. The minimum atomic E-state index is -0.0829. The van der Waals surface area contributed by atoms with Crippen LogP contribution in [-0.4, -0.2) is 10.6 Å². The third-order valence-electron chi connectivity index (χ3n) is 3.62. The topological polar surface area (TPSA) is 22.1 Å². The summed E-state index contributed by atoms with van der Waals surface area (Å²) < 4.78 is 6.03. The minimum absolute atomic E-state index is 0.0829. The lowest BCUT2D eigenvalue weighted by molar-refractivity contribution is 0.137. The van der Waals surface area contributed by atoms with Crippen molar-refractivity contribution >= 4 is 11.3 Å². The molecule has 2 aromatic rings. The van der Waals surface area contributed by atoms with Crippen LogP contribution in [0.3, 0.4) is 0 Å². The fraction of sp³-hybridized carbons (Fsp3) is 0.438. The molecule has 1 aromatic heterocycles. The van der Waals surface area contributed by atoms with Gasteiger partial charge in [0.15, 0.2) is 0 Å². The lowest BCUT2D eigenvalue weighted by Gasteiger charge is -2.17. The second-order valence-electron chi connectivity index (χ2n) is 5.98. The van der Waals surface area contributed by atoms with Crippen molar-refractivity contribution in [3.63, 3.8) is 0 Å². The Bertz CT molecular complexity index is 636. The van der Waals surface area contributed by atoms with Gasteiger partial charge >= 0.3 is 0 Å². The van der Waals surface area contributed by atoms with Gasteiger partial charge in [-0.05, 0) is 57.9 Å². The van der Waals surface area contributed by atoms with E-state index in [4.69, 9.17) is 4.74 Å². The molecule has 100 valence electrons. The van der Waals surface area contributed by atoms with E-state index in [2.05, 4.69) is 51.7 Å². The highest BCUT2D eigenvalue weighted by atomic mass is 32.1. The summed E-state index contributed by atoms with van der Waals surface area (Å²) in [5.41, 5.74) is 4.79. The Morgan fingerprint density at radius 2 is 1.95 bits per heavy atom. The Labute approximate surface area is 118 Å². The third-order valence-corrected chi connectivity index (χ3v) is 4.74. The molecular formula is C16H19NOS. The van der Waals surface area contributed by atoms with Crippen LogP contribution in [0, 0.1) is 20.8 Å². The molecule has 1 aliphatic rings. The molecule has 3 rings (SSSR count). The van der Waals surface area contributed by atoms with Crippen molar-refractivity contribution in [3.8, 4) is 16.3 Å². The van der Waals surface area contributed by atoms with Crippen molar-refractivity contribution in [2.75, 3.05) is 0 Å². The monoisotopic (exact) mass is 273 g/mol. The van der Waals surface area contributed by atoms with E-state index in [1.165, 1.54) is 21.6 Å². The van der Waals surface area contributed by atoms with Gasteiger partial charge in [0.05, 0.1) is 5.69 Å². The fourth-order valence-corrected chi connectivity index (χ4v) is 3.52. The molecular weight excluding hydrogens is 254 g/mol. The van der Waals surface area contributed by atoms with Crippen molar-refractivity contribution in [1.82, 2.24) is 4.98 Å². The van der Waals surface area contributed by atoms with Crippen LogP contribution in [-0.2, 0) is 6.42 Å². The maximum absolute atomic E-state index is 6.03. The Morgan fingerprint density at radius 1 is 1.21 bits per heavy atom. The van der Waals surface area contributed by atoms with Gasteiger partial charge in [-0.25, -0.2) is 4.98 Å². The van der Waals surface area contributed by atoms with Crippen molar-refractivity contribution in [3.05, 3.63) is 33.8 Å². The predicted molar refractivity (Wildman–Crippen MR) is 80.2 cm³/mol. The van der Waals surface area contributed by atoms with E-state index in [1.54, 1.807) is 11.3 Å². The van der Waals surface area contributed by atoms with Gasteiger partial charge in [-0.1, -0.05) is 0 Å². The summed E-state index contributed by atoms with van der Waals surface area (Å²) in [5.74, 6) is 1.07. The zero-order valence-corrected chi connectivity index (χ0v) is 12.9. The number of aromatic nitrogens is 1. The van der Waals surface area contributed by atoms with E-state index in [0.29, 0.717) is 0 Å². The molecule has 0 fully saturated rings. The van der Waals surface area contributed by atoms with E-state index in [9.17, 15) is 0 Å². The average molecular weight is 273 g/mol. The molecule has 2 heterocycles. The summed E-state index contributed by atoms with van der Waals surface area (Å²) in [6.07, 6.45) is 0.973. The third kappa shape index (κ3) is 2.16. The molecule has 1 aliphatic heterocycles. The molecule has 3 heteroatoms. The van der Waals surface area contributed by atoms with E-state index in [0.717, 1.165) is 22.9 Å². The van der Waals surface area contributed by atoms with E-state index < -0.39 is 0 Å². The van der Waals surface area contributed by atoms with Crippen LogP contribution in [0.25, 0.3) is 10.6 Å². The number of ether oxygens (including phenoxy) is 1. The number of rotatable bonds is 1. The maximum atomic E-state index is 6.03. The number of hydrogen-bond donors (Lipinski definition) is 0. The quantitative estimate of drug-likeness (QED) is 0.766. The van der Waals surface area contributed by atoms with Crippen LogP contribution in [0.4, 0.5) is 0 Å². The summed E-state index contributed by atoms with van der Waals surface area (Å²) in [6.45, 7) is 10.6. The first-order valence-corrected chi connectivity index (χ1v) is 7.44. The zero-order valence-electron chi connectivity index (χ0n) is 12.1. The molecule has 0 atom stereocenters. The lowest BCUT2D eigenvalue weighted by atomic mass is 9.98. The van der Waals surface area contributed by atoms with Gasteiger partial charge in [0, 0.05) is 16.9 Å². The Morgan fingerprint density at radius 3 is 2.58 bits per heavy atom. The molecule has 0 amide bonds. The molecule has 0 saturated heterocycles. The van der Waals surface area contributed by atoms with E-state index in [1.807, 2.05) is 0 Å². The number of aryl methyl sites for hydroxylation is 3. The first kappa shape index (κ1) is 12.7. The van der Waals surface area contributed by atoms with Crippen LogP contribution in [0.5, 0.6) is 5.75 Å². The van der Waals surface area contributed by atoms with Crippen LogP contribution in [0.1, 0.15) is 35.5 Å². The summed E-state index contributed by atoms with van der Waals surface area (Å²) in [6, 6.07) is 4.44. The van der Waals surface area contributed by atoms with Gasteiger partial charge in [-0.3, -0.25) is 0 Å². The van der Waals surface area contributed by atoms with Crippen molar-refractivity contribution in [2.45, 2.75) is 46.6 Å². The fourth-order valence-electron chi connectivity index (χ4n) is 2.62. The molecule has 0 radical (unpaired) electrons. The number of thiazole rings is 1. The van der Waals surface area contributed by atoms with E-state index in [-0.39, 0.29) is 5.60 Å². The predicted octanol–water partition coefficient (Wildman–Crippen LogP) is 4.45. The molecule has 0 unspecified atom stereocenters. The van der Waals surface area contributed by atoms with Gasteiger partial charge < -0.3 is 4.74 Å². The summed E-state index contributed by atoms with van der Waals surface area (Å²) in [4.78, 5) is 5.96.